The molecule has 2 aromatic rings. The van der Waals surface area contributed by atoms with Gasteiger partial charge in [-0.25, -0.2) is 8.78 Å². The summed E-state index contributed by atoms with van der Waals surface area (Å²) in [5.74, 6) is -1.11. The molecule has 0 heterocycles. The summed E-state index contributed by atoms with van der Waals surface area (Å²) in [6.45, 7) is 5.03. The highest BCUT2D eigenvalue weighted by Gasteiger charge is 2.25. The third-order valence-corrected chi connectivity index (χ3v) is 6.70. The molecule has 0 unspecified atom stereocenters. The Morgan fingerprint density at radius 1 is 0.969 bits per heavy atom. The first-order valence-electron chi connectivity index (χ1n) is 11.8. The molecule has 0 bridgehead atoms. The van der Waals surface area contributed by atoms with Crippen molar-refractivity contribution in [1.82, 2.24) is 5.32 Å². The van der Waals surface area contributed by atoms with Crippen LogP contribution in [0.2, 0.25) is 0 Å². The molecule has 32 heavy (non-hydrogen) atoms. The number of nitrogens with one attached hydrogen (secondary N) is 2. The lowest BCUT2D eigenvalue weighted by atomic mass is 9.92. The van der Waals surface area contributed by atoms with Crippen LogP contribution in [0.25, 0.3) is 17.2 Å². The van der Waals surface area contributed by atoms with Gasteiger partial charge in [-0.2, -0.15) is 0 Å². The lowest BCUT2D eigenvalue weighted by Crippen LogP contribution is -2.26. The normalized spacial score (nSPS) is 17.0. The van der Waals surface area contributed by atoms with Crippen molar-refractivity contribution in [2.45, 2.75) is 77.8 Å². The van der Waals surface area contributed by atoms with Crippen LogP contribution in [0.3, 0.4) is 0 Å². The van der Waals surface area contributed by atoms with Crippen molar-refractivity contribution in [3.63, 3.8) is 0 Å². The maximum atomic E-state index is 15.5. The molecule has 0 aromatic heterocycles. The summed E-state index contributed by atoms with van der Waals surface area (Å²) in [5.41, 5.74) is 3.04. The van der Waals surface area contributed by atoms with Crippen LogP contribution in [-0.4, -0.2) is 18.0 Å². The number of halogens is 2. The quantitative estimate of drug-likeness (QED) is 0.474. The summed E-state index contributed by atoms with van der Waals surface area (Å²) in [5, 5.41) is 6.46. The second kappa shape index (κ2) is 9.43. The standard InChI is InChI=1S/C27H32F2N2O/c1-4-18(27(32)31-22-13-14-22)15-23-16(2)26(29)24(17(3)25(23)28)19-9-11-21(12-10-19)30-20-7-5-6-8-20/h9-12,15,20,22,30H,4-8,13-14H2,1-3H3,(H,31,32)/b18-15+. The molecule has 5 heteroatoms. The lowest BCUT2D eigenvalue weighted by molar-refractivity contribution is -0.117. The first-order chi connectivity index (χ1) is 15.4. The predicted octanol–water partition coefficient (Wildman–Crippen LogP) is 6.68. The van der Waals surface area contributed by atoms with E-state index in [1.165, 1.54) is 31.8 Å². The zero-order valence-electron chi connectivity index (χ0n) is 19.2. The molecule has 2 saturated carbocycles. The average Bonchev–Trinajstić information content (AvgIpc) is 3.45. The molecule has 1 amide bonds. The number of anilines is 1. The van der Waals surface area contributed by atoms with Crippen molar-refractivity contribution in [2.75, 3.05) is 5.32 Å². The summed E-state index contributed by atoms with van der Waals surface area (Å²) in [7, 11) is 0. The first kappa shape index (κ1) is 22.5. The Bertz CT molecular complexity index is 1000. The second-order valence-corrected chi connectivity index (χ2v) is 9.14. The van der Waals surface area contributed by atoms with Crippen molar-refractivity contribution < 1.29 is 13.6 Å². The Morgan fingerprint density at radius 2 is 1.62 bits per heavy atom. The largest absolute Gasteiger partial charge is 0.382 e. The summed E-state index contributed by atoms with van der Waals surface area (Å²) < 4.78 is 30.9. The molecule has 2 fully saturated rings. The first-order valence-corrected chi connectivity index (χ1v) is 11.8. The number of hydrogen-bond acceptors (Lipinski definition) is 2. The molecule has 3 nitrogen and oxygen atoms in total. The van der Waals surface area contributed by atoms with E-state index >= 15 is 8.78 Å². The summed E-state index contributed by atoms with van der Waals surface area (Å²) in [6, 6.07) is 8.27. The molecular formula is C27H32F2N2O. The maximum Gasteiger partial charge on any atom is 0.247 e. The van der Waals surface area contributed by atoms with Gasteiger partial charge in [0, 0.05) is 34.5 Å². The van der Waals surface area contributed by atoms with Crippen LogP contribution in [0, 0.1) is 25.5 Å². The molecule has 0 saturated heterocycles. The smallest absolute Gasteiger partial charge is 0.247 e. The second-order valence-electron chi connectivity index (χ2n) is 9.14. The van der Waals surface area contributed by atoms with Gasteiger partial charge in [0.05, 0.1) is 0 Å². The van der Waals surface area contributed by atoms with Crippen LogP contribution in [0.5, 0.6) is 0 Å². The van der Waals surface area contributed by atoms with Gasteiger partial charge in [-0.15, -0.1) is 0 Å². The van der Waals surface area contributed by atoms with Crippen LogP contribution in [0.15, 0.2) is 29.8 Å². The number of amides is 1. The summed E-state index contributed by atoms with van der Waals surface area (Å²) >= 11 is 0. The fraction of sp³-hybridized carbons (Fsp3) is 0.444. The van der Waals surface area contributed by atoms with Gasteiger partial charge >= 0.3 is 0 Å². The fourth-order valence-corrected chi connectivity index (χ4v) is 4.51. The van der Waals surface area contributed by atoms with E-state index in [9.17, 15) is 4.79 Å². The predicted molar refractivity (Wildman–Crippen MR) is 127 cm³/mol. The molecule has 0 aliphatic heterocycles. The van der Waals surface area contributed by atoms with Crippen LogP contribution in [0.1, 0.15) is 68.6 Å². The molecule has 0 radical (unpaired) electrons. The van der Waals surface area contributed by atoms with Gasteiger partial charge in [-0.3, -0.25) is 4.79 Å². The molecule has 2 N–H and O–H groups in total. The average molecular weight is 439 g/mol. The lowest BCUT2D eigenvalue weighted by Gasteiger charge is -2.17. The third kappa shape index (κ3) is 4.72. The SMILES string of the molecule is CC/C(=C\c1c(C)c(F)c(-c2ccc(NC3CCCC3)cc2)c(C)c1F)C(=O)NC1CC1. The minimum Gasteiger partial charge on any atom is -0.382 e. The molecule has 0 spiro atoms. The van der Waals surface area contributed by atoms with Crippen LogP contribution >= 0.6 is 0 Å². The molecule has 0 atom stereocenters. The minimum absolute atomic E-state index is 0.158. The molecule has 2 aliphatic rings. The number of rotatable bonds is 7. The van der Waals surface area contributed by atoms with Crippen LogP contribution < -0.4 is 10.6 Å². The van der Waals surface area contributed by atoms with Gasteiger partial charge in [0.15, 0.2) is 0 Å². The molecule has 2 aromatic carbocycles. The van der Waals surface area contributed by atoms with E-state index in [2.05, 4.69) is 10.6 Å². The Balaban J connectivity index is 1.64. The van der Waals surface area contributed by atoms with Gasteiger partial charge in [0.25, 0.3) is 0 Å². The molecular weight excluding hydrogens is 406 g/mol. The van der Waals surface area contributed by atoms with Crippen molar-refractivity contribution in [1.29, 1.82) is 0 Å². The van der Waals surface area contributed by atoms with E-state index in [4.69, 9.17) is 0 Å². The van der Waals surface area contributed by atoms with Crippen molar-refractivity contribution in [3.05, 3.63) is 58.2 Å². The van der Waals surface area contributed by atoms with Gasteiger partial charge in [-0.05, 0) is 80.9 Å². The molecule has 4 rings (SSSR count). The van der Waals surface area contributed by atoms with E-state index in [-0.39, 0.29) is 34.2 Å². The van der Waals surface area contributed by atoms with Gasteiger partial charge < -0.3 is 10.6 Å². The van der Waals surface area contributed by atoms with E-state index in [1.54, 1.807) is 13.8 Å². The van der Waals surface area contributed by atoms with E-state index < -0.39 is 11.6 Å². The Morgan fingerprint density at radius 3 is 2.22 bits per heavy atom. The monoisotopic (exact) mass is 438 g/mol. The highest BCUT2D eigenvalue weighted by atomic mass is 19.1. The van der Waals surface area contributed by atoms with E-state index in [0.29, 0.717) is 23.6 Å². The van der Waals surface area contributed by atoms with Crippen molar-refractivity contribution >= 4 is 17.7 Å². The number of carbonyl (C=O) groups is 1. The Labute approximate surface area is 189 Å². The van der Waals surface area contributed by atoms with Gasteiger partial charge in [0.2, 0.25) is 5.91 Å². The molecule has 2 aliphatic carbocycles. The molecule has 170 valence electrons. The summed E-state index contributed by atoms with van der Waals surface area (Å²) in [6.07, 6.45) is 8.77. The fourth-order valence-electron chi connectivity index (χ4n) is 4.51. The van der Waals surface area contributed by atoms with Gasteiger partial charge in [0.1, 0.15) is 11.6 Å². The maximum absolute atomic E-state index is 15.5. The zero-order chi connectivity index (χ0) is 22.8. The third-order valence-electron chi connectivity index (χ3n) is 6.70. The number of carbonyl (C=O) groups excluding carboxylic acids is 1. The van der Waals surface area contributed by atoms with Gasteiger partial charge in [-0.1, -0.05) is 31.9 Å². The highest BCUT2D eigenvalue weighted by molar-refractivity contribution is 5.98. The van der Waals surface area contributed by atoms with E-state index in [0.717, 1.165) is 18.5 Å². The number of benzene rings is 2. The Kier molecular flexibility index (Phi) is 6.63. The topological polar surface area (TPSA) is 41.1 Å². The summed E-state index contributed by atoms with van der Waals surface area (Å²) in [4.78, 5) is 12.5. The zero-order valence-corrected chi connectivity index (χ0v) is 19.2. The Hall–Kier alpha value is -2.69. The van der Waals surface area contributed by atoms with E-state index in [1.807, 2.05) is 31.2 Å². The highest BCUT2D eigenvalue weighted by Crippen LogP contribution is 2.35. The van der Waals surface area contributed by atoms with Crippen LogP contribution in [0.4, 0.5) is 14.5 Å². The van der Waals surface area contributed by atoms with Crippen LogP contribution in [-0.2, 0) is 4.79 Å². The van der Waals surface area contributed by atoms with Crippen molar-refractivity contribution in [3.8, 4) is 11.1 Å². The number of hydrogen-bond donors (Lipinski definition) is 2. The minimum atomic E-state index is -0.475. The van der Waals surface area contributed by atoms with Crippen molar-refractivity contribution in [2.24, 2.45) is 0 Å².